The van der Waals surface area contributed by atoms with Gasteiger partial charge >= 0.3 is 12.1 Å². The van der Waals surface area contributed by atoms with Crippen LogP contribution in [0.4, 0.5) is 9.59 Å². The second-order valence-electron chi connectivity index (χ2n) is 11.7. The van der Waals surface area contributed by atoms with E-state index in [0.29, 0.717) is 31.4 Å². The molecule has 2 atom stereocenters. The van der Waals surface area contributed by atoms with Gasteiger partial charge in [-0.3, -0.25) is 4.84 Å². The van der Waals surface area contributed by atoms with Crippen LogP contribution >= 0.6 is 0 Å². The van der Waals surface area contributed by atoms with Gasteiger partial charge in [-0.15, -0.1) is 10.2 Å². The summed E-state index contributed by atoms with van der Waals surface area (Å²) in [5.41, 5.74) is 0.0941. The molecule has 1 spiro atoms. The van der Waals surface area contributed by atoms with E-state index in [4.69, 9.17) is 14.0 Å². The second-order valence-corrected chi connectivity index (χ2v) is 11.7. The van der Waals surface area contributed by atoms with Gasteiger partial charge in [0.1, 0.15) is 18.2 Å². The van der Waals surface area contributed by atoms with Crippen molar-refractivity contribution >= 4 is 12.1 Å². The molecule has 2 bridgehead atoms. The number of urea groups is 1. The second kappa shape index (κ2) is 8.19. The number of hydrogen-bond donors (Lipinski definition) is 1. The minimum absolute atomic E-state index is 0.0363. The molecule has 4 fully saturated rings. The molecule has 2 aliphatic heterocycles. The van der Waals surface area contributed by atoms with Crippen LogP contribution < -0.4 is 5.32 Å². The van der Waals surface area contributed by atoms with Crippen LogP contribution in [0.15, 0.2) is 34.7 Å². The molecule has 3 amide bonds. The van der Waals surface area contributed by atoms with Gasteiger partial charge in [0.15, 0.2) is 0 Å². The molecule has 2 aliphatic carbocycles. The molecule has 10 heteroatoms. The quantitative estimate of drug-likeness (QED) is 0.615. The van der Waals surface area contributed by atoms with Crippen LogP contribution in [0.3, 0.4) is 0 Å². The first kappa shape index (κ1) is 23.3. The maximum Gasteiger partial charge on any atom is 0.408 e. The summed E-state index contributed by atoms with van der Waals surface area (Å²) in [6.07, 6.45) is 4.58. The van der Waals surface area contributed by atoms with Crippen LogP contribution in [-0.2, 0) is 22.6 Å². The summed E-state index contributed by atoms with van der Waals surface area (Å²) in [6.45, 7) is 6.47. The summed E-state index contributed by atoms with van der Waals surface area (Å²) in [5, 5.41) is 13.2. The first-order valence-corrected chi connectivity index (χ1v) is 12.8. The number of amides is 3. The third-order valence-corrected chi connectivity index (χ3v) is 7.75. The van der Waals surface area contributed by atoms with E-state index in [1.165, 1.54) is 0 Å². The van der Waals surface area contributed by atoms with Crippen molar-refractivity contribution in [3.05, 3.63) is 47.7 Å². The lowest BCUT2D eigenvalue weighted by Gasteiger charge is -2.35. The van der Waals surface area contributed by atoms with Gasteiger partial charge < -0.3 is 19.4 Å². The average Bonchev–Trinajstić information content (AvgIpc) is 3.68. The Bertz CT molecular complexity index is 1150. The number of hydroxylamine groups is 2. The molecular weight excluding hydrogens is 462 g/mol. The normalized spacial score (nSPS) is 25.2. The van der Waals surface area contributed by atoms with Crippen molar-refractivity contribution in [2.75, 3.05) is 6.54 Å². The van der Waals surface area contributed by atoms with Gasteiger partial charge in [0.25, 0.3) is 0 Å². The Morgan fingerprint density at radius 3 is 2.58 bits per heavy atom. The Hall–Kier alpha value is -3.14. The molecule has 1 aromatic carbocycles. The zero-order valence-electron chi connectivity index (χ0n) is 21.0. The summed E-state index contributed by atoms with van der Waals surface area (Å²) < 4.78 is 11.5. The van der Waals surface area contributed by atoms with Gasteiger partial charge in [0.2, 0.25) is 11.8 Å². The Labute approximate surface area is 210 Å². The van der Waals surface area contributed by atoms with Crippen LogP contribution in [0.2, 0.25) is 0 Å². The van der Waals surface area contributed by atoms with E-state index in [1.807, 2.05) is 56.0 Å². The highest BCUT2D eigenvalue weighted by Gasteiger charge is 2.64. The molecule has 4 aliphatic rings. The molecule has 2 saturated heterocycles. The molecule has 0 radical (unpaired) electrons. The Kier molecular flexibility index (Phi) is 5.30. The van der Waals surface area contributed by atoms with Crippen molar-refractivity contribution in [1.29, 1.82) is 0 Å². The summed E-state index contributed by atoms with van der Waals surface area (Å²) in [5.74, 6) is 0.926. The molecule has 6 rings (SSSR count). The number of carbonyl (C=O) groups is 2. The van der Waals surface area contributed by atoms with Crippen LogP contribution in [0.1, 0.15) is 76.3 Å². The number of carbonyl (C=O) groups excluding carboxylic acids is 2. The van der Waals surface area contributed by atoms with E-state index in [0.717, 1.165) is 37.7 Å². The van der Waals surface area contributed by atoms with Crippen LogP contribution in [0.5, 0.6) is 0 Å². The summed E-state index contributed by atoms with van der Waals surface area (Å²) in [4.78, 5) is 33.5. The first-order valence-electron chi connectivity index (χ1n) is 12.8. The third-order valence-electron chi connectivity index (χ3n) is 7.75. The van der Waals surface area contributed by atoms with Crippen LogP contribution in [-0.4, -0.2) is 56.0 Å². The fourth-order valence-corrected chi connectivity index (χ4v) is 5.49. The molecule has 0 unspecified atom stereocenters. The number of aromatic nitrogens is 2. The van der Waals surface area contributed by atoms with Crippen molar-refractivity contribution in [1.82, 2.24) is 25.5 Å². The zero-order chi connectivity index (χ0) is 25.1. The van der Waals surface area contributed by atoms with E-state index in [1.54, 1.807) is 5.06 Å². The van der Waals surface area contributed by atoms with E-state index in [9.17, 15) is 9.59 Å². The van der Waals surface area contributed by atoms with Gasteiger partial charge in [-0.2, -0.15) is 5.06 Å². The molecule has 1 aromatic heterocycles. The number of alkyl carbamates (subject to hydrolysis) is 1. The van der Waals surface area contributed by atoms with Gasteiger partial charge in [0.05, 0.1) is 11.6 Å². The summed E-state index contributed by atoms with van der Waals surface area (Å²) >= 11 is 0. The maximum atomic E-state index is 13.4. The Morgan fingerprint density at radius 1 is 1.17 bits per heavy atom. The predicted molar refractivity (Wildman–Crippen MR) is 127 cm³/mol. The van der Waals surface area contributed by atoms with Crippen molar-refractivity contribution in [3.8, 4) is 0 Å². The minimum Gasteiger partial charge on any atom is -0.444 e. The SMILES string of the molecule is CC(C)(C)OC(=O)NC1(Cc2nnc([C@@H]3CC4(CC4)[C@H]4CN3C(=O)N4OCc3ccccc3)o2)CC1. The van der Waals surface area contributed by atoms with E-state index < -0.39 is 17.2 Å². The minimum atomic E-state index is -0.559. The average molecular weight is 496 g/mol. The van der Waals surface area contributed by atoms with Crippen LogP contribution in [0, 0.1) is 5.41 Å². The van der Waals surface area contributed by atoms with Gasteiger partial charge in [-0.1, -0.05) is 30.3 Å². The summed E-state index contributed by atoms with van der Waals surface area (Å²) in [6, 6.07) is 9.51. The predicted octanol–water partition coefficient (Wildman–Crippen LogP) is 4.13. The first-order chi connectivity index (χ1) is 17.2. The van der Waals surface area contributed by atoms with E-state index in [-0.39, 0.29) is 23.5 Å². The molecule has 3 heterocycles. The molecule has 10 nitrogen and oxygen atoms in total. The lowest BCUT2D eigenvalue weighted by Crippen LogP contribution is -2.42. The molecule has 2 aromatic rings. The number of fused-ring (bicyclic) bond motifs is 3. The van der Waals surface area contributed by atoms with Crippen LogP contribution in [0.25, 0.3) is 0 Å². The highest BCUT2D eigenvalue weighted by molar-refractivity contribution is 5.77. The Balaban J connectivity index is 1.13. The van der Waals surface area contributed by atoms with Crippen molar-refractivity contribution < 1.29 is 23.6 Å². The smallest absolute Gasteiger partial charge is 0.408 e. The standard InChI is InChI=1S/C26H33N5O5/c1-24(2,3)36-22(32)27-26(11-12-26)14-20-28-29-21(35-20)18-13-25(9-10-25)19-15-30(18)23(33)31(19)34-16-17-7-5-4-6-8-17/h4-8,18-19H,9-16H2,1-3H3,(H,27,32)/t18-,19+/m0/s1. The number of piperidine rings is 1. The Morgan fingerprint density at radius 2 is 1.92 bits per heavy atom. The van der Waals surface area contributed by atoms with Crippen molar-refractivity contribution in [2.45, 2.75) is 89.1 Å². The van der Waals surface area contributed by atoms with E-state index >= 15 is 0 Å². The largest absolute Gasteiger partial charge is 0.444 e. The number of benzene rings is 1. The molecule has 36 heavy (non-hydrogen) atoms. The number of hydrogen-bond acceptors (Lipinski definition) is 7. The highest BCUT2D eigenvalue weighted by Crippen LogP contribution is 2.61. The number of nitrogens with one attached hydrogen (secondary N) is 1. The summed E-state index contributed by atoms with van der Waals surface area (Å²) in [7, 11) is 0. The van der Waals surface area contributed by atoms with Crippen molar-refractivity contribution in [3.63, 3.8) is 0 Å². The van der Waals surface area contributed by atoms with Gasteiger partial charge in [-0.05, 0) is 63.9 Å². The lowest BCUT2D eigenvalue weighted by atomic mass is 9.85. The molecular formula is C26H33N5O5. The fraction of sp³-hybridized carbons (Fsp3) is 0.615. The molecule has 2 saturated carbocycles. The fourth-order valence-electron chi connectivity index (χ4n) is 5.49. The number of ether oxygens (including phenoxy) is 1. The number of nitrogens with zero attached hydrogens (tertiary/aromatic N) is 4. The van der Waals surface area contributed by atoms with Crippen molar-refractivity contribution in [2.24, 2.45) is 5.41 Å². The topological polar surface area (TPSA) is 110 Å². The lowest BCUT2D eigenvalue weighted by molar-refractivity contribution is -0.153. The van der Waals surface area contributed by atoms with E-state index in [2.05, 4.69) is 15.5 Å². The molecule has 192 valence electrons. The monoisotopic (exact) mass is 495 g/mol. The molecule has 1 N–H and O–H groups in total. The number of rotatable bonds is 7. The van der Waals surface area contributed by atoms with Gasteiger partial charge in [-0.25, -0.2) is 9.59 Å². The third kappa shape index (κ3) is 4.42. The zero-order valence-corrected chi connectivity index (χ0v) is 21.0. The maximum absolute atomic E-state index is 13.4. The van der Waals surface area contributed by atoms with Gasteiger partial charge in [0, 0.05) is 13.0 Å². The highest BCUT2D eigenvalue weighted by atomic mass is 16.7.